The molecule has 0 aliphatic carbocycles. The smallest absolute Gasteiger partial charge is 0.335 e. The zero-order valence-electron chi connectivity index (χ0n) is 15.1. The van der Waals surface area contributed by atoms with Crippen LogP contribution in [0.15, 0.2) is 77.1 Å². The summed E-state index contributed by atoms with van der Waals surface area (Å²) < 4.78 is 5.83. The maximum absolute atomic E-state index is 10.9. The van der Waals surface area contributed by atoms with E-state index >= 15 is 0 Å². The van der Waals surface area contributed by atoms with Gasteiger partial charge < -0.3 is 9.84 Å². The van der Waals surface area contributed by atoms with E-state index in [1.807, 2.05) is 18.2 Å². The fourth-order valence-corrected chi connectivity index (χ4v) is 2.41. The number of rotatable bonds is 8. The molecule has 3 aromatic rings. The highest BCUT2D eigenvalue weighted by molar-refractivity contribution is 5.87. The number of carboxylic acids is 1. The number of benzene rings is 2. The lowest BCUT2D eigenvalue weighted by Crippen LogP contribution is -2.00. The molecule has 0 radical (unpaired) electrons. The number of carbonyl (C=O) groups is 1. The Morgan fingerprint density at radius 1 is 1.10 bits per heavy atom. The Hall–Kier alpha value is -4.14. The SMILES string of the molecule is O=C(O)c1ccc(COc2ccccc2CN=Nc2ccc([N+](=O)[O-])cn2)cc1. The molecule has 2 aromatic carbocycles. The number of nitro groups is 1. The summed E-state index contributed by atoms with van der Waals surface area (Å²) in [6.07, 6.45) is 1.13. The third-order valence-corrected chi connectivity index (χ3v) is 3.93. The van der Waals surface area contributed by atoms with Crippen molar-refractivity contribution in [3.8, 4) is 5.75 Å². The van der Waals surface area contributed by atoms with Gasteiger partial charge in [0.2, 0.25) is 0 Å². The first-order chi connectivity index (χ1) is 14.0. The monoisotopic (exact) mass is 392 g/mol. The van der Waals surface area contributed by atoms with E-state index in [0.717, 1.165) is 17.3 Å². The molecule has 0 amide bonds. The first-order valence-corrected chi connectivity index (χ1v) is 8.54. The number of azo groups is 1. The third-order valence-electron chi connectivity index (χ3n) is 3.93. The van der Waals surface area contributed by atoms with Gasteiger partial charge in [-0.05, 0) is 29.8 Å². The van der Waals surface area contributed by atoms with E-state index in [4.69, 9.17) is 9.84 Å². The van der Waals surface area contributed by atoms with Crippen LogP contribution < -0.4 is 4.74 Å². The van der Waals surface area contributed by atoms with Gasteiger partial charge in [0, 0.05) is 11.6 Å². The molecule has 0 bridgehead atoms. The molecule has 0 fully saturated rings. The number of aromatic carboxylic acids is 1. The number of ether oxygens (including phenoxy) is 1. The molecule has 0 saturated carbocycles. The molecular formula is C20H16N4O5. The normalized spacial score (nSPS) is 10.8. The molecule has 146 valence electrons. The van der Waals surface area contributed by atoms with Gasteiger partial charge in [0.1, 0.15) is 18.6 Å². The van der Waals surface area contributed by atoms with Crippen LogP contribution >= 0.6 is 0 Å². The molecule has 0 atom stereocenters. The van der Waals surface area contributed by atoms with E-state index in [9.17, 15) is 14.9 Å². The van der Waals surface area contributed by atoms with Crippen LogP contribution in [0.4, 0.5) is 11.5 Å². The molecule has 9 nitrogen and oxygen atoms in total. The third kappa shape index (κ3) is 5.42. The average Bonchev–Trinajstić information content (AvgIpc) is 2.73. The standard InChI is InChI=1S/C20H16N4O5/c25-20(26)15-7-5-14(6-8-15)13-29-18-4-2-1-3-16(18)11-22-23-19-10-9-17(12-21-19)24(27)28/h1-10,12H,11,13H2,(H,25,26). The number of para-hydroxylation sites is 1. The predicted octanol–water partition coefficient (Wildman–Crippen LogP) is 4.55. The highest BCUT2D eigenvalue weighted by Crippen LogP contribution is 2.21. The minimum absolute atomic E-state index is 0.112. The number of aromatic nitrogens is 1. The second-order valence-electron chi connectivity index (χ2n) is 5.93. The number of hydrogen-bond donors (Lipinski definition) is 1. The topological polar surface area (TPSA) is 127 Å². The Morgan fingerprint density at radius 3 is 2.52 bits per heavy atom. The summed E-state index contributed by atoms with van der Waals surface area (Å²) in [4.78, 5) is 24.9. The summed E-state index contributed by atoms with van der Waals surface area (Å²) >= 11 is 0. The van der Waals surface area contributed by atoms with Crippen molar-refractivity contribution in [3.63, 3.8) is 0 Å². The summed E-state index contributed by atoms with van der Waals surface area (Å²) in [6, 6.07) is 16.5. The van der Waals surface area contributed by atoms with E-state index in [-0.39, 0.29) is 30.2 Å². The maximum atomic E-state index is 10.9. The van der Waals surface area contributed by atoms with Crippen molar-refractivity contribution in [3.05, 3.63) is 93.7 Å². The number of nitrogens with zero attached hydrogens (tertiary/aromatic N) is 4. The van der Waals surface area contributed by atoms with Crippen molar-refractivity contribution in [1.29, 1.82) is 0 Å². The van der Waals surface area contributed by atoms with Gasteiger partial charge in [-0.1, -0.05) is 30.3 Å². The van der Waals surface area contributed by atoms with Gasteiger partial charge in [-0.25, -0.2) is 9.78 Å². The zero-order chi connectivity index (χ0) is 20.6. The van der Waals surface area contributed by atoms with Crippen molar-refractivity contribution in [2.45, 2.75) is 13.2 Å². The largest absolute Gasteiger partial charge is 0.489 e. The van der Waals surface area contributed by atoms with E-state index < -0.39 is 10.9 Å². The van der Waals surface area contributed by atoms with E-state index in [1.165, 1.54) is 24.3 Å². The Kier molecular flexibility index (Phi) is 6.21. The Bertz CT molecular complexity index is 1030. The van der Waals surface area contributed by atoms with Crippen molar-refractivity contribution in [2.75, 3.05) is 0 Å². The first kappa shape index (κ1) is 19.6. The Balaban J connectivity index is 1.62. The maximum Gasteiger partial charge on any atom is 0.335 e. The van der Waals surface area contributed by atoms with Crippen molar-refractivity contribution < 1.29 is 19.6 Å². The van der Waals surface area contributed by atoms with Crippen LogP contribution in [0.5, 0.6) is 5.75 Å². The van der Waals surface area contributed by atoms with Gasteiger partial charge in [0.25, 0.3) is 5.69 Å². The average molecular weight is 392 g/mol. The van der Waals surface area contributed by atoms with Crippen molar-refractivity contribution in [1.82, 2.24) is 4.98 Å². The molecular weight excluding hydrogens is 376 g/mol. The highest BCUT2D eigenvalue weighted by Gasteiger charge is 2.06. The zero-order valence-corrected chi connectivity index (χ0v) is 15.1. The van der Waals surface area contributed by atoms with Crippen LogP contribution in [0.25, 0.3) is 0 Å². The van der Waals surface area contributed by atoms with Crippen LogP contribution in [-0.4, -0.2) is 21.0 Å². The molecule has 0 saturated heterocycles. The van der Waals surface area contributed by atoms with Gasteiger partial charge in [-0.2, -0.15) is 5.11 Å². The summed E-state index contributed by atoms with van der Waals surface area (Å²) in [5.41, 5.74) is 1.75. The molecule has 0 aliphatic heterocycles. The fourth-order valence-electron chi connectivity index (χ4n) is 2.41. The van der Waals surface area contributed by atoms with Gasteiger partial charge in [-0.15, -0.1) is 5.11 Å². The second kappa shape index (κ2) is 9.18. The lowest BCUT2D eigenvalue weighted by atomic mass is 10.1. The lowest BCUT2D eigenvalue weighted by Gasteiger charge is -2.10. The van der Waals surface area contributed by atoms with Gasteiger partial charge in [-0.3, -0.25) is 10.1 Å². The van der Waals surface area contributed by atoms with E-state index in [0.29, 0.717) is 5.75 Å². The highest BCUT2D eigenvalue weighted by atomic mass is 16.6. The van der Waals surface area contributed by atoms with Gasteiger partial charge >= 0.3 is 5.97 Å². The minimum Gasteiger partial charge on any atom is -0.489 e. The second-order valence-corrected chi connectivity index (χ2v) is 5.93. The molecule has 1 heterocycles. The molecule has 0 unspecified atom stereocenters. The quantitative estimate of drug-likeness (QED) is 0.340. The fraction of sp³-hybridized carbons (Fsp3) is 0.100. The van der Waals surface area contributed by atoms with Gasteiger partial charge in [0.15, 0.2) is 5.82 Å². The van der Waals surface area contributed by atoms with Crippen LogP contribution in [0.3, 0.4) is 0 Å². The van der Waals surface area contributed by atoms with Crippen LogP contribution in [0.1, 0.15) is 21.5 Å². The van der Waals surface area contributed by atoms with Crippen LogP contribution in [0, 0.1) is 10.1 Å². The predicted molar refractivity (Wildman–Crippen MR) is 103 cm³/mol. The Morgan fingerprint density at radius 2 is 1.86 bits per heavy atom. The Labute approximate surface area is 165 Å². The summed E-state index contributed by atoms with van der Waals surface area (Å²) in [6.45, 7) is 0.519. The molecule has 0 aliphatic rings. The molecule has 3 rings (SSSR count). The van der Waals surface area contributed by atoms with Crippen LogP contribution in [0.2, 0.25) is 0 Å². The van der Waals surface area contributed by atoms with Crippen LogP contribution in [-0.2, 0) is 13.2 Å². The molecule has 29 heavy (non-hydrogen) atoms. The van der Waals surface area contributed by atoms with Crippen molar-refractivity contribution >= 4 is 17.5 Å². The summed E-state index contributed by atoms with van der Waals surface area (Å²) in [5, 5.41) is 27.6. The molecule has 1 N–H and O–H groups in total. The number of hydrogen-bond acceptors (Lipinski definition) is 7. The summed E-state index contributed by atoms with van der Waals surface area (Å²) in [7, 11) is 0. The molecule has 1 aromatic heterocycles. The van der Waals surface area contributed by atoms with E-state index in [2.05, 4.69) is 15.2 Å². The number of carboxylic acid groups (broad SMARTS) is 1. The minimum atomic E-state index is -0.976. The van der Waals surface area contributed by atoms with Crippen molar-refractivity contribution in [2.24, 2.45) is 10.2 Å². The first-order valence-electron chi connectivity index (χ1n) is 8.54. The lowest BCUT2D eigenvalue weighted by molar-refractivity contribution is -0.385. The molecule has 0 spiro atoms. The van der Waals surface area contributed by atoms with Gasteiger partial charge in [0.05, 0.1) is 17.0 Å². The molecule has 9 heteroatoms. The van der Waals surface area contributed by atoms with E-state index in [1.54, 1.807) is 18.2 Å². The summed E-state index contributed by atoms with van der Waals surface area (Å²) in [5.74, 6) is -0.0753. The number of pyridine rings is 1.